The summed E-state index contributed by atoms with van der Waals surface area (Å²) in [5, 5.41) is 19.5. The number of amides is 1. The van der Waals surface area contributed by atoms with Crippen molar-refractivity contribution >= 4 is 5.91 Å². The third kappa shape index (κ3) is 4.60. The van der Waals surface area contributed by atoms with Crippen LogP contribution >= 0.6 is 0 Å². The van der Waals surface area contributed by atoms with E-state index >= 15 is 0 Å². The van der Waals surface area contributed by atoms with E-state index in [9.17, 15) is 19.4 Å². The Hall–Kier alpha value is -2.44. The minimum absolute atomic E-state index is 0.0194. The first kappa shape index (κ1) is 21.3. The van der Waals surface area contributed by atoms with Crippen molar-refractivity contribution < 1.29 is 24.1 Å². The van der Waals surface area contributed by atoms with Gasteiger partial charge >= 0.3 is 0 Å². The molecule has 0 radical (unpaired) electrons. The van der Waals surface area contributed by atoms with Gasteiger partial charge in [-0.15, -0.1) is 0 Å². The molecule has 0 spiro atoms. The summed E-state index contributed by atoms with van der Waals surface area (Å²) in [6.45, 7) is 2.14. The van der Waals surface area contributed by atoms with Crippen LogP contribution in [0.1, 0.15) is 43.4 Å². The number of ether oxygens (including phenoxy) is 1. The molecule has 6 heteroatoms. The molecule has 2 N–H and O–H groups in total. The summed E-state index contributed by atoms with van der Waals surface area (Å²) in [6.07, 6.45) is 0.155. The van der Waals surface area contributed by atoms with Gasteiger partial charge in [0, 0.05) is 18.4 Å². The summed E-state index contributed by atoms with van der Waals surface area (Å²) in [7, 11) is 1.61. The van der Waals surface area contributed by atoms with Crippen LogP contribution in [0.15, 0.2) is 48.5 Å². The second kappa shape index (κ2) is 8.93. The van der Waals surface area contributed by atoms with E-state index in [-0.39, 0.29) is 37.2 Å². The lowest BCUT2D eigenvalue weighted by atomic mass is 9.68. The Morgan fingerprint density at radius 2 is 1.83 bits per heavy atom. The summed E-state index contributed by atoms with van der Waals surface area (Å²) >= 11 is 0. The quantitative estimate of drug-likeness (QED) is 0.748. The van der Waals surface area contributed by atoms with Crippen molar-refractivity contribution in [2.24, 2.45) is 0 Å². The molecule has 0 saturated carbocycles. The van der Waals surface area contributed by atoms with Gasteiger partial charge in [0.2, 0.25) is 5.91 Å². The monoisotopic (exact) mass is 401 g/mol. The van der Waals surface area contributed by atoms with Crippen molar-refractivity contribution in [3.63, 3.8) is 0 Å². The number of piperidine rings is 1. The van der Waals surface area contributed by atoms with E-state index in [0.29, 0.717) is 13.0 Å². The number of hydrogen-bond acceptors (Lipinski definition) is 4. The maximum absolute atomic E-state index is 13.4. The molecular weight excluding hydrogens is 373 g/mol. The number of aliphatic hydroxyl groups is 2. The maximum Gasteiger partial charge on any atom is 0.223 e. The van der Waals surface area contributed by atoms with Crippen molar-refractivity contribution in [1.82, 2.24) is 4.90 Å². The smallest absolute Gasteiger partial charge is 0.223 e. The average Bonchev–Trinajstić information content (AvgIpc) is 2.73. The summed E-state index contributed by atoms with van der Waals surface area (Å²) in [4.78, 5) is 15.0. The number of likely N-dealkylation sites (tertiary alicyclic amines) is 1. The number of nitrogens with zero attached hydrogens (tertiary/aromatic N) is 1. The van der Waals surface area contributed by atoms with Crippen LogP contribution in [0.2, 0.25) is 0 Å². The normalized spacial score (nSPS) is 21.7. The molecule has 0 bridgehead atoms. The average molecular weight is 401 g/mol. The molecule has 1 aliphatic heterocycles. The molecule has 2 aromatic carbocycles. The molecule has 1 saturated heterocycles. The van der Waals surface area contributed by atoms with Crippen molar-refractivity contribution in [1.29, 1.82) is 0 Å². The Balaban J connectivity index is 1.83. The fraction of sp³-hybridized carbons (Fsp3) is 0.435. The van der Waals surface area contributed by atoms with Crippen molar-refractivity contribution in [3.05, 3.63) is 65.5 Å². The zero-order valence-corrected chi connectivity index (χ0v) is 16.8. The van der Waals surface area contributed by atoms with Gasteiger partial charge in [-0.2, -0.15) is 0 Å². The van der Waals surface area contributed by atoms with Gasteiger partial charge in [-0.25, -0.2) is 4.39 Å². The third-order valence-electron chi connectivity index (χ3n) is 6.00. The first-order valence-corrected chi connectivity index (χ1v) is 9.87. The van der Waals surface area contributed by atoms with E-state index in [2.05, 4.69) is 0 Å². The van der Waals surface area contributed by atoms with Gasteiger partial charge in [-0.3, -0.25) is 4.79 Å². The fourth-order valence-electron chi connectivity index (χ4n) is 4.27. The van der Waals surface area contributed by atoms with Crippen LogP contribution in [0, 0.1) is 5.82 Å². The lowest BCUT2D eigenvalue weighted by molar-refractivity contribution is -0.139. The standard InChI is InChI=1S/C23H28FNO4/c1-16(17-3-9-21(29-2)10-4-17)25-12-11-23(14-22(25)28,13-20(27)15-26)18-5-7-19(24)8-6-18/h3-10,16,20,26-27H,11-15H2,1-2H3/t16-,20+,23+/m1/s1. The van der Waals surface area contributed by atoms with Gasteiger partial charge in [-0.05, 0) is 55.2 Å². The number of halogens is 1. The molecular formula is C23H28FNO4. The molecule has 3 atom stereocenters. The number of methoxy groups -OCH3 is 1. The molecule has 0 unspecified atom stereocenters. The van der Waals surface area contributed by atoms with E-state index < -0.39 is 11.5 Å². The molecule has 5 nitrogen and oxygen atoms in total. The zero-order valence-electron chi connectivity index (χ0n) is 16.8. The number of hydrogen-bond donors (Lipinski definition) is 2. The molecule has 29 heavy (non-hydrogen) atoms. The summed E-state index contributed by atoms with van der Waals surface area (Å²) in [5.41, 5.74) is 1.21. The van der Waals surface area contributed by atoms with Gasteiger partial charge in [0.1, 0.15) is 11.6 Å². The number of carbonyl (C=O) groups is 1. The fourth-order valence-corrected chi connectivity index (χ4v) is 4.27. The Labute approximate surface area is 170 Å². The Morgan fingerprint density at radius 3 is 2.38 bits per heavy atom. The van der Waals surface area contributed by atoms with E-state index in [4.69, 9.17) is 4.74 Å². The molecule has 2 aromatic rings. The zero-order chi connectivity index (χ0) is 21.0. The van der Waals surface area contributed by atoms with Gasteiger partial charge in [0.25, 0.3) is 0 Å². The first-order chi connectivity index (χ1) is 13.9. The van der Waals surface area contributed by atoms with E-state index in [1.807, 2.05) is 36.1 Å². The lowest BCUT2D eigenvalue weighted by Crippen LogP contribution is -2.48. The second-order valence-electron chi connectivity index (χ2n) is 7.79. The van der Waals surface area contributed by atoms with Crippen molar-refractivity contribution in [2.45, 2.75) is 43.7 Å². The summed E-state index contributed by atoms with van der Waals surface area (Å²) in [5.74, 6) is 0.400. The largest absolute Gasteiger partial charge is 0.497 e. The molecule has 1 fully saturated rings. The van der Waals surface area contributed by atoms with Crippen LogP contribution < -0.4 is 4.74 Å². The van der Waals surface area contributed by atoms with Crippen LogP contribution in [-0.4, -0.2) is 47.4 Å². The maximum atomic E-state index is 13.4. The van der Waals surface area contributed by atoms with Gasteiger partial charge < -0.3 is 19.8 Å². The highest BCUT2D eigenvalue weighted by molar-refractivity contribution is 5.79. The van der Waals surface area contributed by atoms with Gasteiger partial charge in [-0.1, -0.05) is 24.3 Å². The highest BCUT2D eigenvalue weighted by Gasteiger charge is 2.42. The summed E-state index contributed by atoms with van der Waals surface area (Å²) in [6, 6.07) is 13.7. The van der Waals surface area contributed by atoms with E-state index in [1.165, 1.54) is 12.1 Å². The predicted molar refractivity (Wildman–Crippen MR) is 108 cm³/mol. The molecule has 0 aromatic heterocycles. The number of carbonyl (C=O) groups excluding carboxylic acids is 1. The third-order valence-corrected chi connectivity index (χ3v) is 6.00. The lowest BCUT2D eigenvalue weighted by Gasteiger charge is -2.44. The molecule has 1 amide bonds. The molecule has 1 aliphatic rings. The Kier molecular flexibility index (Phi) is 6.55. The highest BCUT2D eigenvalue weighted by Crippen LogP contribution is 2.42. The number of benzene rings is 2. The van der Waals surface area contributed by atoms with E-state index in [1.54, 1.807) is 19.2 Å². The van der Waals surface area contributed by atoms with Crippen LogP contribution in [0.25, 0.3) is 0 Å². The van der Waals surface area contributed by atoms with Gasteiger partial charge in [0.15, 0.2) is 0 Å². The van der Waals surface area contributed by atoms with Crippen LogP contribution in [0.3, 0.4) is 0 Å². The molecule has 3 rings (SSSR count). The highest BCUT2D eigenvalue weighted by atomic mass is 19.1. The number of aliphatic hydroxyl groups excluding tert-OH is 2. The van der Waals surface area contributed by atoms with Crippen molar-refractivity contribution in [3.8, 4) is 5.75 Å². The molecule has 1 heterocycles. The van der Waals surface area contributed by atoms with Gasteiger partial charge in [0.05, 0.1) is 25.9 Å². The minimum Gasteiger partial charge on any atom is -0.497 e. The molecule has 156 valence electrons. The summed E-state index contributed by atoms with van der Waals surface area (Å²) < 4.78 is 18.6. The second-order valence-corrected chi connectivity index (χ2v) is 7.79. The van der Waals surface area contributed by atoms with Crippen LogP contribution in [0.5, 0.6) is 5.75 Å². The van der Waals surface area contributed by atoms with Crippen molar-refractivity contribution in [2.75, 3.05) is 20.3 Å². The molecule has 0 aliphatic carbocycles. The van der Waals surface area contributed by atoms with Crippen LogP contribution in [-0.2, 0) is 10.2 Å². The Bertz CT molecular complexity index is 824. The first-order valence-electron chi connectivity index (χ1n) is 9.87. The van der Waals surface area contributed by atoms with Crippen LogP contribution in [0.4, 0.5) is 4.39 Å². The minimum atomic E-state index is -0.932. The topological polar surface area (TPSA) is 70.0 Å². The Morgan fingerprint density at radius 1 is 1.17 bits per heavy atom. The van der Waals surface area contributed by atoms with E-state index in [0.717, 1.165) is 16.9 Å². The SMILES string of the molecule is COc1ccc([C@@H](C)N2CC[C@@](C[C@H](O)CO)(c3ccc(F)cc3)CC2=O)cc1. The predicted octanol–water partition coefficient (Wildman–Crippen LogP) is 3.20. The number of rotatable bonds is 7.